The number of rotatable bonds is 9. The highest BCUT2D eigenvalue weighted by atomic mass is 32.2. The highest BCUT2D eigenvalue weighted by Crippen LogP contribution is 2.09. The maximum atomic E-state index is 12.1. The Bertz CT molecular complexity index is 570. The van der Waals surface area contributed by atoms with Gasteiger partial charge >= 0.3 is 0 Å². The fourth-order valence-corrected chi connectivity index (χ4v) is 2.96. The Morgan fingerprint density at radius 3 is 2.41 bits per heavy atom. The number of benzene rings is 1. The minimum Gasteiger partial charge on any atom is -0.385 e. The van der Waals surface area contributed by atoms with Gasteiger partial charge in [-0.25, -0.2) is 13.1 Å². The van der Waals surface area contributed by atoms with Gasteiger partial charge in [0, 0.05) is 40.3 Å². The van der Waals surface area contributed by atoms with Crippen LogP contribution in [0.5, 0.6) is 0 Å². The van der Waals surface area contributed by atoms with E-state index >= 15 is 0 Å². The van der Waals surface area contributed by atoms with Crippen molar-refractivity contribution in [3.05, 3.63) is 29.8 Å². The molecule has 0 aliphatic heterocycles. The number of aryl methyl sites for hydroxylation is 1. The molecule has 0 aromatic heterocycles. The number of hydrogen-bond acceptors (Lipinski definition) is 4. The average molecular weight is 328 g/mol. The summed E-state index contributed by atoms with van der Waals surface area (Å²) in [6.45, 7) is 5.01. The molecule has 0 atom stereocenters. The first-order valence-corrected chi connectivity index (χ1v) is 8.66. The number of amides is 1. The van der Waals surface area contributed by atoms with E-state index in [-0.39, 0.29) is 17.3 Å². The minimum absolute atomic E-state index is 0.0781. The van der Waals surface area contributed by atoms with Crippen LogP contribution >= 0.6 is 0 Å². The molecule has 0 radical (unpaired) electrons. The average Bonchev–Trinajstić information content (AvgIpc) is 2.46. The fourth-order valence-electron chi connectivity index (χ4n) is 1.94. The van der Waals surface area contributed by atoms with Crippen LogP contribution in [0.25, 0.3) is 0 Å². The van der Waals surface area contributed by atoms with Crippen molar-refractivity contribution in [2.75, 3.05) is 33.4 Å². The molecular formula is C15H24N2O4S. The van der Waals surface area contributed by atoms with Gasteiger partial charge in [-0.05, 0) is 25.5 Å². The molecule has 0 saturated carbocycles. The Kier molecular flexibility index (Phi) is 7.50. The first-order chi connectivity index (χ1) is 10.4. The highest BCUT2D eigenvalue weighted by molar-refractivity contribution is 7.89. The van der Waals surface area contributed by atoms with Crippen LogP contribution in [0, 0.1) is 6.92 Å². The van der Waals surface area contributed by atoms with Crippen molar-refractivity contribution in [1.29, 1.82) is 0 Å². The highest BCUT2D eigenvalue weighted by Gasteiger charge is 2.14. The second-order valence-electron chi connectivity index (χ2n) is 5.06. The van der Waals surface area contributed by atoms with Crippen molar-refractivity contribution in [2.45, 2.75) is 25.2 Å². The summed E-state index contributed by atoms with van der Waals surface area (Å²) in [5.41, 5.74) is 1.000. The van der Waals surface area contributed by atoms with Gasteiger partial charge in [0.15, 0.2) is 0 Å². The molecule has 1 aromatic carbocycles. The molecule has 22 heavy (non-hydrogen) atoms. The molecule has 1 N–H and O–H groups in total. The molecule has 1 aromatic rings. The van der Waals surface area contributed by atoms with Gasteiger partial charge in [-0.3, -0.25) is 4.79 Å². The largest absolute Gasteiger partial charge is 0.385 e. The Hall–Kier alpha value is -1.44. The van der Waals surface area contributed by atoms with Crippen LogP contribution in [0.15, 0.2) is 29.2 Å². The molecular weight excluding hydrogens is 304 g/mol. The SMILES string of the molecule is COCCCN(CCNS(=O)(=O)c1ccc(C)cc1)C(C)=O. The molecule has 6 nitrogen and oxygen atoms in total. The van der Waals surface area contributed by atoms with Gasteiger partial charge in [-0.15, -0.1) is 0 Å². The number of hydrogen-bond donors (Lipinski definition) is 1. The summed E-state index contributed by atoms with van der Waals surface area (Å²) < 4.78 is 31.7. The van der Waals surface area contributed by atoms with E-state index in [1.165, 1.54) is 6.92 Å². The van der Waals surface area contributed by atoms with E-state index < -0.39 is 10.0 Å². The van der Waals surface area contributed by atoms with E-state index in [9.17, 15) is 13.2 Å². The lowest BCUT2D eigenvalue weighted by Crippen LogP contribution is -2.38. The van der Waals surface area contributed by atoms with E-state index in [2.05, 4.69) is 4.72 Å². The van der Waals surface area contributed by atoms with Crippen LogP contribution in [0.1, 0.15) is 18.9 Å². The molecule has 0 bridgehead atoms. The maximum absolute atomic E-state index is 12.1. The number of carbonyl (C=O) groups excluding carboxylic acids is 1. The molecule has 0 saturated heterocycles. The Morgan fingerprint density at radius 2 is 1.86 bits per heavy atom. The van der Waals surface area contributed by atoms with E-state index in [1.54, 1.807) is 36.3 Å². The quantitative estimate of drug-likeness (QED) is 0.690. The van der Waals surface area contributed by atoms with Crippen LogP contribution in [-0.2, 0) is 19.6 Å². The molecule has 0 heterocycles. The molecule has 0 fully saturated rings. The first kappa shape index (κ1) is 18.6. The smallest absolute Gasteiger partial charge is 0.240 e. The second kappa shape index (κ2) is 8.87. The van der Waals surface area contributed by atoms with Gasteiger partial charge in [-0.1, -0.05) is 17.7 Å². The third kappa shape index (κ3) is 6.13. The second-order valence-corrected chi connectivity index (χ2v) is 6.83. The van der Waals surface area contributed by atoms with Crippen molar-refractivity contribution in [3.63, 3.8) is 0 Å². The molecule has 0 aliphatic rings. The number of nitrogens with one attached hydrogen (secondary N) is 1. The number of methoxy groups -OCH3 is 1. The third-order valence-corrected chi connectivity index (χ3v) is 4.70. The lowest BCUT2D eigenvalue weighted by molar-refractivity contribution is -0.128. The monoisotopic (exact) mass is 328 g/mol. The molecule has 124 valence electrons. The first-order valence-electron chi connectivity index (χ1n) is 7.17. The zero-order chi connectivity index (χ0) is 16.6. The van der Waals surface area contributed by atoms with Gasteiger partial charge in [0.2, 0.25) is 15.9 Å². The van der Waals surface area contributed by atoms with Crippen LogP contribution in [0.3, 0.4) is 0 Å². The number of nitrogens with zero attached hydrogens (tertiary/aromatic N) is 1. The molecule has 0 unspecified atom stereocenters. The molecule has 1 rings (SSSR count). The van der Waals surface area contributed by atoms with Crippen LogP contribution < -0.4 is 4.72 Å². The number of ether oxygens (including phenoxy) is 1. The summed E-state index contributed by atoms with van der Waals surface area (Å²) in [4.78, 5) is 13.3. The number of carbonyl (C=O) groups is 1. The van der Waals surface area contributed by atoms with Crippen LogP contribution in [0.4, 0.5) is 0 Å². The van der Waals surface area contributed by atoms with Gasteiger partial charge in [0.1, 0.15) is 0 Å². The van der Waals surface area contributed by atoms with Crippen molar-refractivity contribution in [2.24, 2.45) is 0 Å². The van der Waals surface area contributed by atoms with Crippen molar-refractivity contribution in [1.82, 2.24) is 9.62 Å². The van der Waals surface area contributed by atoms with E-state index in [0.29, 0.717) is 19.7 Å². The van der Waals surface area contributed by atoms with Gasteiger partial charge < -0.3 is 9.64 Å². The van der Waals surface area contributed by atoms with Gasteiger partial charge in [0.05, 0.1) is 4.90 Å². The molecule has 0 spiro atoms. The summed E-state index contributed by atoms with van der Waals surface area (Å²) in [5, 5.41) is 0. The summed E-state index contributed by atoms with van der Waals surface area (Å²) in [6, 6.07) is 6.64. The standard InChI is InChI=1S/C15H24N2O4S/c1-13-5-7-15(8-6-13)22(19,20)16-9-11-17(14(2)18)10-4-12-21-3/h5-8,16H,4,9-12H2,1-3H3. The van der Waals surface area contributed by atoms with Crippen molar-refractivity contribution >= 4 is 15.9 Å². The molecule has 1 amide bonds. The number of sulfonamides is 1. The van der Waals surface area contributed by atoms with Gasteiger partial charge in [-0.2, -0.15) is 0 Å². The zero-order valence-corrected chi connectivity index (χ0v) is 14.1. The summed E-state index contributed by atoms with van der Waals surface area (Å²) in [7, 11) is -1.93. The molecule has 0 aliphatic carbocycles. The molecule has 7 heteroatoms. The normalized spacial score (nSPS) is 11.4. The van der Waals surface area contributed by atoms with E-state index in [4.69, 9.17) is 4.74 Å². The minimum atomic E-state index is -3.54. The van der Waals surface area contributed by atoms with E-state index in [0.717, 1.165) is 12.0 Å². The fraction of sp³-hybridized carbons (Fsp3) is 0.533. The zero-order valence-electron chi connectivity index (χ0n) is 13.3. The Labute approximate surface area is 132 Å². The van der Waals surface area contributed by atoms with E-state index in [1.807, 2.05) is 6.92 Å². The van der Waals surface area contributed by atoms with Crippen molar-refractivity contribution in [3.8, 4) is 0 Å². The van der Waals surface area contributed by atoms with Crippen LogP contribution in [0.2, 0.25) is 0 Å². The Balaban J connectivity index is 2.52. The summed E-state index contributed by atoms with van der Waals surface area (Å²) in [5.74, 6) is -0.0781. The topological polar surface area (TPSA) is 75.7 Å². The lowest BCUT2D eigenvalue weighted by atomic mass is 10.2. The summed E-state index contributed by atoms with van der Waals surface area (Å²) in [6.07, 6.45) is 0.723. The Morgan fingerprint density at radius 1 is 1.23 bits per heavy atom. The maximum Gasteiger partial charge on any atom is 0.240 e. The van der Waals surface area contributed by atoms with Crippen molar-refractivity contribution < 1.29 is 17.9 Å². The predicted octanol–water partition coefficient (Wildman–Crippen LogP) is 1.16. The van der Waals surface area contributed by atoms with Crippen LogP contribution in [-0.4, -0.2) is 52.6 Å². The summed E-state index contributed by atoms with van der Waals surface area (Å²) >= 11 is 0. The predicted molar refractivity (Wildman–Crippen MR) is 85.1 cm³/mol. The van der Waals surface area contributed by atoms with Gasteiger partial charge in [0.25, 0.3) is 0 Å². The third-order valence-electron chi connectivity index (χ3n) is 3.23. The lowest BCUT2D eigenvalue weighted by Gasteiger charge is -2.21.